The van der Waals surface area contributed by atoms with Gasteiger partial charge in [-0.3, -0.25) is 14.6 Å². The van der Waals surface area contributed by atoms with E-state index in [-0.39, 0.29) is 73.5 Å². The van der Waals surface area contributed by atoms with Gasteiger partial charge in [-0.2, -0.15) is 0 Å². The molecule has 0 unspecified atom stereocenters. The molecule has 0 N–H and O–H groups in total. The number of carbonyl (C=O) groups is 2. The van der Waals surface area contributed by atoms with Crippen molar-refractivity contribution in [2.75, 3.05) is 0 Å². The Morgan fingerprint density at radius 1 is 0.750 bits per heavy atom. The van der Waals surface area contributed by atoms with Crippen LogP contribution in [0.1, 0.15) is 2.85 Å². The molecule has 0 saturated heterocycles. The van der Waals surface area contributed by atoms with Crippen LogP contribution in [-0.4, -0.2) is 16.6 Å². The van der Waals surface area contributed by atoms with Crippen LogP contribution < -0.4 is 59.1 Å². The van der Waals surface area contributed by atoms with E-state index >= 15 is 0 Å². The number of hydrogen-bond acceptors (Lipinski definition) is 3. The Balaban J connectivity index is -0.000000283. The van der Waals surface area contributed by atoms with Gasteiger partial charge in [-0.15, -0.1) is 0 Å². The van der Waals surface area contributed by atoms with Crippen LogP contribution in [0, 0.1) is 0 Å². The van der Waals surface area contributed by atoms with E-state index in [1.165, 1.54) is 29.7 Å². The van der Waals surface area contributed by atoms with Gasteiger partial charge in [0, 0.05) is 11.6 Å². The van der Waals surface area contributed by atoms with Gasteiger partial charge in [0.05, 0.1) is 5.52 Å². The van der Waals surface area contributed by atoms with Gasteiger partial charge >= 0.3 is 59.1 Å². The van der Waals surface area contributed by atoms with Crippen molar-refractivity contribution in [2.45, 2.75) is 0 Å². The third kappa shape index (κ3) is 6.27. The van der Waals surface area contributed by atoms with Crippen molar-refractivity contribution in [2.24, 2.45) is 0 Å². The van der Waals surface area contributed by atoms with Gasteiger partial charge in [0.25, 0.3) is 0 Å². The van der Waals surface area contributed by atoms with Crippen molar-refractivity contribution in [1.82, 2.24) is 4.98 Å². The number of hydrogen-bond donors (Lipinski definition) is 0. The van der Waals surface area contributed by atoms with E-state index < -0.39 is 0 Å². The first-order chi connectivity index (χ1) is 8.75. The molecule has 0 saturated carbocycles. The third-order valence-corrected chi connectivity index (χ3v) is 2.34. The molecule has 3 rings (SSSR count). The summed E-state index contributed by atoms with van der Waals surface area (Å²) in [5.74, 6) is -0.241. The molecular weight excluding hydrogens is 272 g/mol. The van der Waals surface area contributed by atoms with Crippen molar-refractivity contribution < 1.29 is 71.6 Å². The Bertz CT molecular complexity index is 557. The number of carbonyl (C=O) groups excluding carboxylic acids is 2. The molecule has 1 aliphatic carbocycles. The van der Waals surface area contributed by atoms with Gasteiger partial charge < -0.3 is 2.85 Å². The van der Waals surface area contributed by atoms with Crippen molar-refractivity contribution in [1.29, 1.82) is 0 Å². The molecule has 0 fully saturated rings. The fourth-order valence-electron chi connectivity index (χ4n) is 1.46. The fourth-order valence-corrected chi connectivity index (χ4v) is 1.46. The number of aromatic nitrogens is 1. The zero-order chi connectivity index (χ0) is 12.8. The molecule has 1 aliphatic rings. The van der Waals surface area contributed by atoms with Crippen molar-refractivity contribution in [3.8, 4) is 0 Å². The van der Waals surface area contributed by atoms with Gasteiger partial charge in [0.15, 0.2) is 11.6 Å². The summed E-state index contributed by atoms with van der Waals surface area (Å²) in [6.45, 7) is 0. The van der Waals surface area contributed by atoms with Crippen LogP contribution in [0.4, 0.5) is 0 Å². The van der Waals surface area contributed by atoms with E-state index in [0.29, 0.717) is 0 Å². The minimum atomic E-state index is -0.121. The Kier molecular flexibility index (Phi) is 9.94. The quantitative estimate of drug-likeness (QED) is 0.377. The maximum atomic E-state index is 10.3. The summed E-state index contributed by atoms with van der Waals surface area (Å²) in [6, 6.07) is 12.1. The first-order valence-electron chi connectivity index (χ1n) is 5.49. The fraction of sp³-hybridized carbons (Fsp3) is 0. The third-order valence-electron chi connectivity index (χ3n) is 2.34. The molecule has 0 radical (unpaired) electrons. The molecule has 0 atom stereocenters. The second-order valence-corrected chi connectivity index (χ2v) is 3.67. The molecule has 1 heterocycles. The molecule has 2 aromatic rings. The normalized spacial score (nSPS) is 12.0. The first kappa shape index (κ1) is 19.4. The molecule has 0 amide bonds. The number of nitrogens with zero attached hydrogens (tertiary/aromatic N) is 1. The molecule has 0 aliphatic heterocycles. The van der Waals surface area contributed by atoms with Crippen LogP contribution in [0.2, 0.25) is 0 Å². The second kappa shape index (κ2) is 10.2. The van der Waals surface area contributed by atoms with Crippen LogP contribution in [0.5, 0.6) is 0 Å². The van der Waals surface area contributed by atoms with Crippen molar-refractivity contribution in [3.05, 3.63) is 66.9 Å². The van der Waals surface area contributed by atoms with Gasteiger partial charge in [0.2, 0.25) is 0 Å². The molecule has 92 valence electrons. The SMILES string of the molecule is O=C1C=CC(=O)C=C1.[H-].[H-].[Na+].[Na+].c1ccc2ncccc2c1. The Labute approximate surface area is 164 Å². The first-order valence-corrected chi connectivity index (χ1v) is 5.49. The number of para-hydroxylation sites is 1. The topological polar surface area (TPSA) is 47.0 Å². The standard InChI is InChI=1S/C9H7N.C6H4O2.2Na.2H/c1-2-6-9-8(4-1)5-3-7-10-9;7-5-1-2-6(8)4-3-5;;;;/h1-7H;1-4H;;;;/q;;2*+1;2*-1. The zero-order valence-electron chi connectivity index (χ0n) is 13.6. The Morgan fingerprint density at radius 2 is 1.25 bits per heavy atom. The second-order valence-electron chi connectivity index (χ2n) is 3.67. The number of fused-ring (bicyclic) bond motifs is 1. The van der Waals surface area contributed by atoms with E-state index in [1.54, 1.807) is 0 Å². The summed E-state index contributed by atoms with van der Waals surface area (Å²) in [7, 11) is 0. The van der Waals surface area contributed by atoms with Crippen LogP contribution in [0.15, 0.2) is 66.9 Å². The molecule has 0 spiro atoms. The van der Waals surface area contributed by atoms with Crippen LogP contribution in [-0.2, 0) is 9.59 Å². The van der Waals surface area contributed by atoms with Gasteiger partial charge in [-0.1, -0.05) is 24.3 Å². The van der Waals surface area contributed by atoms with E-state index in [1.807, 2.05) is 30.5 Å². The van der Waals surface area contributed by atoms with E-state index in [9.17, 15) is 9.59 Å². The molecule has 0 bridgehead atoms. The van der Waals surface area contributed by atoms with E-state index in [2.05, 4.69) is 17.1 Å². The Hall–Kier alpha value is -0.550. The summed E-state index contributed by atoms with van der Waals surface area (Å²) in [6.07, 6.45) is 6.82. The van der Waals surface area contributed by atoms with Crippen molar-refractivity contribution in [3.63, 3.8) is 0 Å². The summed E-state index contributed by atoms with van der Waals surface area (Å²) in [5, 5.41) is 1.20. The number of benzene rings is 1. The summed E-state index contributed by atoms with van der Waals surface area (Å²) >= 11 is 0. The molecular formula is C15H13NNa2O2. The molecule has 20 heavy (non-hydrogen) atoms. The molecule has 1 aromatic heterocycles. The molecule has 3 nitrogen and oxygen atoms in total. The zero-order valence-corrected chi connectivity index (χ0v) is 15.6. The summed E-state index contributed by atoms with van der Waals surface area (Å²) < 4.78 is 0. The summed E-state index contributed by atoms with van der Waals surface area (Å²) in [4.78, 5) is 24.7. The largest absolute Gasteiger partial charge is 1.00 e. The van der Waals surface area contributed by atoms with E-state index in [0.717, 1.165) is 5.52 Å². The van der Waals surface area contributed by atoms with Crippen LogP contribution >= 0.6 is 0 Å². The number of ketones is 2. The predicted molar refractivity (Wildman–Crippen MR) is 72.3 cm³/mol. The van der Waals surface area contributed by atoms with Gasteiger partial charge in [-0.05, 0) is 36.4 Å². The summed E-state index contributed by atoms with van der Waals surface area (Å²) in [5.41, 5.74) is 1.06. The van der Waals surface area contributed by atoms with Crippen LogP contribution in [0.25, 0.3) is 10.9 Å². The number of pyridine rings is 1. The van der Waals surface area contributed by atoms with Gasteiger partial charge in [0.1, 0.15) is 0 Å². The van der Waals surface area contributed by atoms with Crippen molar-refractivity contribution >= 4 is 22.5 Å². The van der Waals surface area contributed by atoms with Crippen LogP contribution in [0.3, 0.4) is 0 Å². The monoisotopic (exact) mass is 285 g/mol. The molecule has 5 heteroatoms. The predicted octanol–water partition coefficient (Wildman–Crippen LogP) is -3.28. The smallest absolute Gasteiger partial charge is 1.00 e. The van der Waals surface area contributed by atoms with Gasteiger partial charge in [-0.25, -0.2) is 0 Å². The average molecular weight is 285 g/mol. The minimum absolute atomic E-state index is 0. The van der Waals surface area contributed by atoms with E-state index in [4.69, 9.17) is 0 Å². The number of rotatable bonds is 0. The Morgan fingerprint density at radius 3 is 1.80 bits per heavy atom. The maximum absolute atomic E-state index is 10.3. The minimum Gasteiger partial charge on any atom is -1.00 e. The molecule has 1 aromatic carbocycles. The average Bonchev–Trinajstić information content (AvgIpc) is 2.43. The number of allylic oxidation sites excluding steroid dienone is 4. The maximum Gasteiger partial charge on any atom is 1.00 e.